The lowest BCUT2D eigenvalue weighted by atomic mass is 10.2. The zero-order valence-electron chi connectivity index (χ0n) is 12.2. The Balaban J connectivity index is 2.08. The van der Waals surface area contributed by atoms with Crippen molar-refractivity contribution in [2.45, 2.75) is 26.1 Å². The molecule has 1 unspecified atom stereocenters. The van der Waals surface area contributed by atoms with E-state index in [-0.39, 0.29) is 18.3 Å². The second kappa shape index (κ2) is 6.80. The Kier molecular flexibility index (Phi) is 4.84. The number of nitrogens with one attached hydrogen (secondary N) is 1. The lowest BCUT2D eigenvalue weighted by molar-refractivity contribution is -0.385. The number of amides is 1. The number of methoxy groups -OCH3 is 1. The number of nitrogens with zero attached hydrogens (tertiary/aromatic N) is 5. The van der Waals surface area contributed by atoms with Crippen LogP contribution in [0.5, 0.6) is 0 Å². The van der Waals surface area contributed by atoms with E-state index in [1.807, 2.05) is 0 Å². The lowest BCUT2D eigenvalue weighted by Crippen LogP contribution is -2.25. The first-order valence-corrected chi connectivity index (χ1v) is 6.56. The summed E-state index contributed by atoms with van der Waals surface area (Å²) in [5.41, 5.74) is 0.362. The Hall–Kier alpha value is -2.75. The summed E-state index contributed by atoms with van der Waals surface area (Å²) < 4.78 is 7.73. The number of nitro groups is 1. The van der Waals surface area contributed by atoms with Crippen LogP contribution in [-0.2, 0) is 16.3 Å². The van der Waals surface area contributed by atoms with Gasteiger partial charge in [-0.2, -0.15) is 10.2 Å². The summed E-state index contributed by atoms with van der Waals surface area (Å²) in [5, 5.41) is 21.3. The van der Waals surface area contributed by atoms with Crippen LogP contribution in [-0.4, -0.2) is 37.5 Å². The summed E-state index contributed by atoms with van der Waals surface area (Å²) in [6, 6.07) is -0.639. The van der Waals surface area contributed by atoms with Crippen molar-refractivity contribution < 1.29 is 14.5 Å². The molecule has 0 spiro atoms. The third-order valence-corrected chi connectivity index (χ3v) is 2.97. The Bertz CT molecular complexity index is 664. The smallest absolute Gasteiger partial charge is 0.307 e. The molecule has 2 heterocycles. The van der Waals surface area contributed by atoms with Crippen LogP contribution in [0.15, 0.2) is 24.8 Å². The van der Waals surface area contributed by atoms with Crippen molar-refractivity contribution in [1.82, 2.24) is 19.6 Å². The van der Waals surface area contributed by atoms with Crippen molar-refractivity contribution in [3.05, 3.63) is 34.9 Å². The van der Waals surface area contributed by atoms with Gasteiger partial charge in [0.25, 0.3) is 0 Å². The van der Waals surface area contributed by atoms with Gasteiger partial charge in [0.15, 0.2) is 0 Å². The second-order valence-electron chi connectivity index (χ2n) is 4.54. The van der Waals surface area contributed by atoms with Gasteiger partial charge in [-0.3, -0.25) is 19.6 Å². The van der Waals surface area contributed by atoms with Gasteiger partial charge in [-0.05, 0) is 6.42 Å². The van der Waals surface area contributed by atoms with Crippen molar-refractivity contribution in [3.63, 3.8) is 0 Å². The highest BCUT2D eigenvalue weighted by atomic mass is 16.6. The van der Waals surface area contributed by atoms with Crippen LogP contribution in [0, 0.1) is 10.1 Å². The highest BCUT2D eigenvalue weighted by Crippen LogP contribution is 2.18. The van der Waals surface area contributed by atoms with E-state index in [2.05, 4.69) is 15.5 Å². The van der Waals surface area contributed by atoms with Gasteiger partial charge in [-0.1, -0.05) is 6.92 Å². The molecule has 2 aromatic rings. The standard InChI is InChI=1S/C12H16N6O4/c1-3-11(17-7-10(5-14-17)18(20)21)12(19)15-9-4-13-16(6-9)8-22-2/h4-7,11H,3,8H2,1-2H3,(H,15,19). The number of ether oxygens (including phenoxy) is 1. The first-order chi connectivity index (χ1) is 10.5. The number of carbonyl (C=O) groups is 1. The predicted molar refractivity (Wildman–Crippen MR) is 76.1 cm³/mol. The largest absolute Gasteiger partial charge is 0.362 e. The van der Waals surface area contributed by atoms with Gasteiger partial charge in [-0.25, -0.2) is 4.68 Å². The normalized spacial score (nSPS) is 12.1. The number of hydrogen-bond donors (Lipinski definition) is 1. The summed E-state index contributed by atoms with van der Waals surface area (Å²) in [6.45, 7) is 2.07. The van der Waals surface area contributed by atoms with Crippen LogP contribution in [0.1, 0.15) is 19.4 Å². The van der Waals surface area contributed by atoms with Crippen LogP contribution in [0.25, 0.3) is 0 Å². The molecule has 0 fully saturated rings. The lowest BCUT2D eigenvalue weighted by Gasteiger charge is -2.14. The molecule has 0 aromatic carbocycles. The molecular formula is C12H16N6O4. The zero-order chi connectivity index (χ0) is 16.1. The highest BCUT2D eigenvalue weighted by molar-refractivity contribution is 5.93. The van der Waals surface area contributed by atoms with E-state index in [1.165, 1.54) is 28.9 Å². The first kappa shape index (κ1) is 15.6. The highest BCUT2D eigenvalue weighted by Gasteiger charge is 2.22. The van der Waals surface area contributed by atoms with Gasteiger partial charge in [0, 0.05) is 7.11 Å². The Morgan fingerprint density at radius 1 is 1.45 bits per heavy atom. The van der Waals surface area contributed by atoms with Crippen molar-refractivity contribution in [2.24, 2.45) is 0 Å². The fourth-order valence-corrected chi connectivity index (χ4v) is 1.94. The molecule has 0 aliphatic heterocycles. The molecule has 0 saturated heterocycles. The summed E-state index contributed by atoms with van der Waals surface area (Å²) in [5.74, 6) is -0.322. The third kappa shape index (κ3) is 3.47. The fourth-order valence-electron chi connectivity index (χ4n) is 1.94. The van der Waals surface area contributed by atoms with E-state index >= 15 is 0 Å². The molecule has 0 radical (unpaired) electrons. The van der Waals surface area contributed by atoms with Crippen LogP contribution < -0.4 is 5.32 Å². The molecule has 2 rings (SSSR count). The summed E-state index contributed by atoms with van der Waals surface area (Å²) in [7, 11) is 1.54. The maximum absolute atomic E-state index is 12.3. The minimum Gasteiger partial charge on any atom is -0.362 e. The Morgan fingerprint density at radius 2 is 2.23 bits per heavy atom. The van der Waals surface area contributed by atoms with Crippen molar-refractivity contribution >= 4 is 17.3 Å². The molecule has 10 heteroatoms. The predicted octanol–water partition coefficient (Wildman–Crippen LogP) is 1.18. The average molecular weight is 308 g/mol. The summed E-state index contributed by atoms with van der Waals surface area (Å²) >= 11 is 0. The molecule has 0 aliphatic carbocycles. The minimum atomic E-state index is -0.639. The SMILES string of the molecule is CCC(C(=O)Nc1cnn(COC)c1)n1cc([N+](=O)[O-])cn1. The number of anilines is 1. The van der Waals surface area contributed by atoms with E-state index in [0.29, 0.717) is 12.1 Å². The van der Waals surface area contributed by atoms with Gasteiger partial charge in [0.1, 0.15) is 25.2 Å². The van der Waals surface area contributed by atoms with Crippen LogP contribution in [0.4, 0.5) is 11.4 Å². The Morgan fingerprint density at radius 3 is 2.82 bits per heavy atom. The van der Waals surface area contributed by atoms with E-state index in [9.17, 15) is 14.9 Å². The van der Waals surface area contributed by atoms with E-state index in [0.717, 1.165) is 6.20 Å². The van der Waals surface area contributed by atoms with Gasteiger partial charge < -0.3 is 10.1 Å². The molecule has 1 N–H and O–H groups in total. The van der Waals surface area contributed by atoms with Gasteiger partial charge >= 0.3 is 5.69 Å². The summed E-state index contributed by atoms with van der Waals surface area (Å²) in [4.78, 5) is 22.4. The molecular weight excluding hydrogens is 292 g/mol. The topological polar surface area (TPSA) is 117 Å². The zero-order valence-corrected chi connectivity index (χ0v) is 12.2. The Labute approximate surface area is 125 Å². The second-order valence-corrected chi connectivity index (χ2v) is 4.54. The van der Waals surface area contributed by atoms with Crippen LogP contribution in [0.3, 0.4) is 0 Å². The average Bonchev–Trinajstić information content (AvgIpc) is 3.10. The number of carbonyl (C=O) groups excluding carboxylic acids is 1. The molecule has 1 atom stereocenters. The van der Waals surface area contributed by atoms with Crippen molar-refractivity contribution in [1.29, 1.82) is 0 Å². The fraction of sp³-hybridized carbons (Fsp3) is 0.417. The molecule has 10 nitrogen and oxygen atoms in total. The van der Waals surface area contributed by atoms with Crippen molar-refractivity contribution in [3.8, 4) is 0 Å². The molecule has 0 bridgehead atoms. The first-order valence-electron chi connectivity index (χ1n) is 6.56. The minimum absolute atomic E-state index is 0.154. The molecule has 0 aliphatic rings. The number of hydrogen-bond acceptors (Lipinski definition) is 6. The van der Waals surface area contributed by atoms with E-state index in [4.69, 9.17) is 4.74 Å². The maximum atomic E-state index is 12.3. The molecule has 2 aromatic heterocycles. The number of rotatable bonds is 7. The van der Waals surface area contributed by atoms with E-state index < -0.39 is 11.0 Å². The van der Waals surface area contributed by atoms with Crippen LogP contribution in [0.2, 0.25) is 0 Å². The molecule has 0 saturated carbocycles. The molecule has 22 heavy (non-hydrogen) atoms. The van der Waals surface area contributed by atoms with E-state index in [1.54, 1.807) is 13.1 Å². The van der Waals surface area contributed by atoms with Gasteiger partial charge in [-0.15, -0.1) is 0 Å². The monoisotopic (exact) mass is 308 g/mol. The number of aromatic nitrogens is 4. The third-order valence-electron chi connectivity index (χ3n) is 2.97. The molecule has 118 valence electrons. The van der Waals surface area contributed by atoms with Gasteiger partial charge in [0.2, 0.25) is 5.91 Å². The van der Waals surface area contributed by atoms with Gasteiger partial charge in [0.05, 0.1) is 23.0 Å². The quantitative estimate of drug-likeness (QED) is 0.606. The maximum Gasteiger partial charge on any atom is 0.307 e. The van der Waals surface area contributed by atoms with Crippen molar-refractivity contribution in [2.75, 3.05) is 12.4 Å². The molecule has 1 amide bonds. The summed E-state index contributed by atoms with van der Waals surface area (Å²) in [6.07, 6.45) is 5.92. The van der Waals surface area contributed by atoms with Crippen LogP contribution >= 0.6 is 0 Å².